The molecule has 0 unspecified atom stereocenters. The van der Waals surface area contributed by atoms with E-state index in [0.29, 0.717) is 27.8 Å². The number of amides is 1. The van der Waals surface area contributed by atoms with Crippen LogP contribution in [0.2, 0.25) is 0 Å². The van der Waals surface area contributed by atoms with Crippen molar-refractivity contribution in [1.29, 1.82) is 0 Å². The van der Waals surface area contributed by atoms with Crippen molar-refractivity contribution < 1.29 is 28.5 Å². The monoisotopic (exact) mass is 425 g/mol. The molecule has 1 aromatic carbocycles. The molecule has 150 valence electrons. The first kappa shape index (κ1) is 21.3. The van der Waals surface area contributed by atoms with Crippen LogP contribution in [0.4, 0.5) is 5.69 Å². The van der Waals surface area contributed by atoms with Crippen molar-refractivity contribution in [2.75, 3.05) is 33.8 Å². The minimum atomic E-state index is -0.484. The first-order valence-corrected chi connectivity index (χ1v) is 9.07. The molecule has 0 radical (unpaired) electrons. The van der Waals surface area contributed by atoms with Gasteiger partial charge in [0.05, 0.1) is 34.1 Å². The molecule has 9 nitrogen and oxygen atoms in total. The molecule has 2 rings (SSSR count). The van der Waals surface area contributed by atoms with E-state index in [2.05, 4.69) is 16.2 Å². The average molecular weight is 425 g/mol. The van der Waals surface area contributed by atoms with E-state index in [1.165, 1.54) is 51.9 Å². The molecule has 0 aliphatic rings. The highest BCUT2D eigenvalue weighted by Gasteiger charge is 2.18. The predicted molar refractivity (Wildman–Crippen MR) is 109 cm³/mol. The summed E-state index contributed by atoms with van der Waals surface area (Å²) in [7, 11) is 5.67. The van der Waals surface area contributed by atoms with E-state index in [4.69, 9.17) is 31.2 Å². The van der Waals surface area contributed by atoms with E-state index in [9.17, 15) is 9.59 Å². The molecule has 0 spiro atoms. The van der Waals surface area contributed by atoms with E-state index in [1.54, 1.807) is 11.4 Å². The van der Waals surface area contributed by atoms with Gasteiger partial charge < -0.3 is 24.3 Å². The largest absolute Gasteiger partial charge is 0.493 e. The Morgan fingerprint density at radius 2 is 1.64 bits per heavy atom. The van der Waals surface area contributed by atoms with E-state index in [-0.39, 0.29) is 10.7 Å². The number of ether oxygens (including phenoxy) is 4. The van der Waals surface area contributed by atoms with Crippen LogP contribution in [0.1, 0.15) is 20.0 Å². The summed E-state index contributed by atoms with van der Waals surface area (Å²) in [5.41, 5.74) is 5.75. The Labute approximate surface area is 170 Å². The SMILES string of the molecule is COC(=O)c1sccc1NC(=S)NNC(=O)c1cc(OC)c(OC)c(OC)c1. The van der Waals surface area contributed by atoms with Gasteiger partial charge in [-0.2, -0.15) is 0 Å². The van der Waals surface area contributed by atoms with Gasteiger partial charge in [0.15, 0.2) is 16.6 Å². The topological polar surface area (TPSA) is 107 Å². The predicted octanol–water partition coefficient (Wildman–Crippen LogP) is 2.19. The van der Waals surface area contributed by atoms with Gasteiger partial charge in [-0.15, -0.1) is 11.3 Å². The Bertz CT molecular complexity index is 859. The lowest BCUT2D eigenvalue weighted by Crippen LogP contribution is -2.43. The molecular weight excluding hydrogens is 406 g/mol. The molecule has 1 heterocycles. The van der Waals surface area contributed by atoms with E-state index >= 15 is 0 Å². The number of hydrazine groups is 1. The molecule has 0 aliphatic carbocycles. The van der Waals surface area contributed by atoms with Gasteiger partial charge in [-0.3, -0.25) is 15.6 Å². The first-order chi connectivity index (χ1) is 13.4. The van der Waals surface area contributed by atoms with Crippen LogP contribution in [0.3, 0.4) is 0 Å². The normalized spacial score (nSPS) is 9.86. The van der Waals surface area contributed by atoms with Gasteiger partial charge in [-0.05, 0) is 35.8 Å². The summed E-state index contributed by atoms with van der Waals surface area (Å²) < 4.78 is 20.4. The quantitative estimate of drug-likeness (QED) is 0.365. The van der Waals surface area contributed by atoms with Gasteiger partial charge in [-0.25, -0.2) is 4.79 Å². The van der Waals surface area contributed by atoms with Crippen molar-refractivity contribution in [2.45, 2.75) is 0 Å². The molecule has 0 fully saturated rings. The summed E-state index contributed by atoms with van der Waals surface area (Å²) in [5, 5.41) is 4.62. The van der Waals surface area contributed by atoms with Crippen LogP contribution in [0.5, 0.6) is 17.2 Å². The van der Waals surface area contributed by atoms with Crippen LogP contribution in [0.25, 0.3) is 0 Å². The summed E-state index contributed by atoms with van der Waals surface area (Å²) in [4.78, 5) is 24.5. The summed E-state index contributed by atoms with van der Waals surface area (Å²) in [6.45, 7) is 0. The number of nitrogens with one attached hydrogen (secondary N) is 3. The second-order valence-corrected chi connectivity index (χ2v) is 6.43. The molecule has 0 bridgehead atoms. The molecule has 11 heteroatoms. The van der Waals surface area contributed by atoms with Crippen molar-refractivity contribution in [3.05, 3.63) is 34.0 Å². The number of benzene rings is 1. The van der Waals surface area contributed by atoms with Crippen molar-refractivity contribution >= 4 is 46.2 Å². The molecule has 2 aromatic rings. The summed E-state index contributed by atoms with van der Waals surface area (Å²) >= 11 is 6.34. The fourth-order valence-corrected chi connectivity index (χ4v) is 3.14. The summed E-state index contributed by atoms with van der Waals surface area (Å²) in [6, 6.07) is 4.68. The Hall–Kier alpha value is -3.05. The number of rotatable bonds is 6. The number of methoxy groups -OCH3 is 4. The highest BCUT2D eigenvalue weighted by molar-refractivity contribution is 7.80. The van der Waals surface area contributed by atoms with Crippen LogP contribution in [-0.4, -0.2) is 45.4 Å². The molecule has 0 saturated carbocycles. The van der Waals surface area contributed by atoms with Crippen molar-refractivity contribution in [2.24, 2.45) is 0 Å². The molecular formula is C17H19N3O6S2. The van der Waals surface area contributed by atoms with E-state index in [0.717, 1.165) is 0 Å². The Kier molecular flexibility index (Phi) is 7.41. The minimum Gasteiger partial charge on any atom is -0.493 e. The fourth-order valence-electron chi connectivity index (χ4n) is 2.21. The van der Waals surface area contributed by atoms with Crippen LogP contribution >= 0.6 is 23.6 Å². The van der Waals surface area contributed by atoms with Crippen LogP contribution in [0.15, 0.2) is 23.6 Å². The molecule has 28 heavy (non-hydrogen) atoms. The fraction of sp³-hybridized carbons (Fsp3) is 0.235. The first-order valence-electron chi connectivity index (χ1n) is 7.78. The van der Waals surface area contributed by atoms with Crippen molar-refractivity contribution in [3.8, 4) is 17.2 Å². The maximum atomic E-state index is 12.4. The maximum absolute atomic E-state index is 12.4. The number of carbonyl (C=O) groups excluding carboxylic acids is 2. The van der Waals surface area contributed by atoms with Gasteiger partial charge in [-0.1, -0.05) is 0 Å². The number of hydrogen-bond donors (Lipinski definition) is 3. The summed E-state index contributed by atoms with van der Waals surface area (Å²) in [6.07, 6.45) is 0. The molecule has 0 aliphatic heterocycles. The highest BCUT2D eigenvalue weighted by atomic mass is 32.1. The Morgan fingerprint density at radius 1 is 1.00 bits per heavy atom. The van der Waals surface area contributed by atoms with Gasteiger partial charge in [0.1, 0.15) is 4.88 Å². The molecule has 0 saturated heterocycles. The number of carbonyl (C=O) groups is 2. The van der Waals surface area contributed by atoms with Crippen molar-refractivity contribution in [3.63, 3.8) is 0 Å². The van der Waals surface area contributed by atoms with Crippen molar-refractivity contribution in [1.82, 2.24) is 10.9 Å². The van der Waals surface area contributed by atoms with Gasteiger partial charge in [0.2, 0.25) is 5.75 Å². The molecule has 0 atom stereocenters. The zero-order valence-corrected chi connectivity index (χ0v) is 17.2. The third-order valence-corrected chi connectivity index (χ3v) is 4.60. The van der Waals surface area contributed by atoms with E-state index in [1.807, 2.05) is 0 Å². The standard InChI is InChI=1S/C17H19N3O6S2/c1-23-11-7-9(8-12(24-2)13(11)25-3)15(21)19-20-17(27)18-10-5-6-28-14(10)16(22)26-4/h5-8H,1-4H3,(H,19,21)(H2,18,20,27). The van der Waals surface area contributed by atoms with Gasteiger partial charge >= 0.3 is 5.97 Å². The Balaban J connectivity index is 2.05. The third kappa shape index (κ3) is 4.81. The van der Waals surface area contributed by atoms with E-state index < -0.39 is 11.9 Å². The zero-order chi connectivity index (χ0) is 20.7. The van der Waals surface area contributed by atoms with Gasteiger partial charge in [0.25, 0.3) is 5.91 Å². The number of hydrogen-bond acceptors (Lipinski definition) is 8. The molecule has 3 N–H and O–H groups in total. The number of thiophene rings is 1. The average Bonchev–Trinajstić information content (AvgIpc) is 3.17. The summed E-state index contributed by atoms with van der Waals surface area (Å²) in [5.74, 6) is 0.0885. The van der Waals surface area contributed by atoms with Crippen LogP contribution in [-0.2, 0) is 4.74 Å². The zero-order valence-electron chi connectivity index (χ0n) is 15.6. The molecule has 1 aromatic heterocycles. The van der Waals surface area contributed by atoms with Crippen LogP contribution < -0.4 is 30.4 Å². The third-order valence-electron chi connectivity index (χ3n) is 3.50. The lowest BCUT2D eigenvalue weighted by Gasteiger charge is -2.15. The van der Waals surface area contributed by atoms with Crippen LogP contribution in [0, 0.1) is 0 Å². The number of anilines is 1. The lowest BCUT2D eigenvalue weighted by atomic mass is 10.1. The number of thiocarbonyl (C=S) groups is 1. The lowest BCUT2D eigenvalue weighted by molar-refractivity contribution is 0.0607. The highest BCUT2D eigenvalue weighted by Crippen LogP contribution is 2.38. The second-order valence-electron chi connectivity index (χ2n) is 5.10. The van der Waals surface area contributed by atoms with Gasteiger partial charge in [0, 0.05) is 5.56 Å². The maximum Gasteiger partial charge on any atom is 0.350 e. The molecule has 1 amide bonds. The number of esters is 1. The minimum absolute atomic E-state index is 0.0874. The second kappa shape index (κ2) is 9.76. The smallest absolute Gasteiger partial charge is 0.350 e. The Morgan fingerprint density at radius 3 is 2.18 bits per heavy atom.